The van der Waals surface area contributed by atoms with Gasteiger partial charge in [0.1, 0.15) is 11.9 Å². The van der Waals surface area contributed by atoms with Crippen LogP contribution in [0.2, 0.25) is 0 Å². The molecule has 1 atom stereocenters. The Hall–Kier alpha value is -5.87. The zero-order valence-corrected chi connectivity index (χ0v) is 31.3. The van der Waals surface area contributed by atoms with Crippen molar-refractivity contribution in [3.8, 4) is 11.5 Å². The second-order valence-corrected chi connectivity index (χ2v) is 14.4. The van der Waals surface area contributed by atoms with Crippen molar-refractivity contribution in [1.82, 2.24) is 14.6 Å². The van der Waals surface area contributed by atoms with Gasteiger partial charge in [-0.15, -0.1) is 0 Å². The van der Waals surface area contributed by atoms with E-state index in [9.17, 15) is 26.4 Å². The van der Waals surface area contributed by atoms with Crippen molar-refractivity contribution in [1.29, 1.82) is 0 Å². The van der Waals surface area contributed by atoms with Crippen LogP contribution in [0.5, 0.6) is 11.5 Å². The van der Waals surface area contributed by atoms with E-state index in [1.165, 1.54) is 4.31 Å². The Balaban J connectivity index is 0.000000876. The Labute approximate surface area is 317 Å². The van der Waals surface area contributed by atoms with Gasteiger partial charge in [0, 0.05) is 37.4 Å². The summed E-state index contributed by atoms with van der Waals surface area (Å²) < 4.78 is 72.3. The number of carbonyl (C=O) groups is 2. The number of aliphatic carboxylic acids is 1. The highest BCUT2D eigenvalue weighted by atomic mass is 32.2. The predicted molar refractivity (Wildman–Crippen MR) is 203 cm³/mol. The lowest BCUT2D eigenvalue weighted by Crippen LogP contribution is -2.34. The van der Waals surface area contributed by atoms with Crippen LogP contribution in [0.4, 0.5) is 24.7 Å². The second-order valence-electron chi connectivity index (χ2n) is 12.4. The molecular formula is C39H42F3N5O7S. The van der Waals surface area contributed by atoms with E-state index in [2.05, 4.69) is 15.6 Å². The van der Waals surface area contributed by atoms with Crippen LogP contribution in [-0.2, 0) is 32.7 Å². The molecule has 1 amide bonds. The quantitative estimate of drug-likeness (QED) is 0.0926. The summed E-state index contributed by atoms with van der Waals surface area (Å²) in [6, 6.07) is 28.1. The van der Waals surface area contributed by atoms with Gasteiger partial charge in [0.05, 0.1) is 17.6 Å². The monoisotopic (exact) mass is 781 g/mol. The van der Waals surface area contributed by atoms with Crippen LogP contribution in [0.3, 0.4) is 0 Å². The molecule has 1 heterocycles. The number of amides is 1. The number of anilines is 2. The summed E-state index contributed by atoms with van der Waals surface area (Å²) in [5, 5.41) is 15.1. The zero-order valence-electron chi connectivity index (χ0n) is 30.5. The number of sulfonamides is 1. The Bertz CT molecular complexity index is 2200. The van der Waals surface area contributed by atoms with Gasteiger partial charge in [-0.3, -0.25) is 4.79 Å². The second kappa shape index (κ2) is 18.4. The van der Waals surface area contributed by atoms with Crippen LogP contribution >= 0.6 is 0 Å². The van der Waals surface area contributed by atoms with Crippen molar-refractivity contribution < 1.29 is 45.8 Å². The molecule has 0 bridgehead atoms. The largest absolute Gasteiger partial charge is 0.490 e. The van der Waals surface area contributed by atoms with E-state index < -0.39 is 28.2 Å². The molecule has 1 aromatic heterocycles. The molecule has 55 heavy (non-hydrogen) atoms. The fourth-order valence-electron chi connectivity index (χ4n) is 5.36. The third-order valence-electron chi connectivity index (χ3n) is 7.94. The topological polar surface area (TPSA) is 173 Å². The molecule has 1 unspecified atom stereocenters. The maximum atomic E-state index is 14.1. The molecule has 4 aromatic carbocycles. The number of carbonyl (C=O) groups excluding carboxylic acids is 1. The molecule has 5 N–H and O–H groups in total. The van der Waals surface area contributed by atoms with Gasteiger partial charge in [-0.25, -0.2) is 18.2 Å². The number of nitrogens with two attached hydrogens (primary N) is 1. The molecule has 12 nitrogen and oxygen atoms in total. The van der Waals surface area contributed by atoms with Crippen molar-refractivity contribution in [3.63, 3.8) is 0 Å². The third kappa shape index (κ3) is 11.3. The molecule has 0 fully saturated rings. The molecule has 5 rings (SSSR count). The number of nitrogen functional groups attached to an aromatic ring is 1. The molecule has 16 heteroatoms. The van der Waals surface area contributed by atoms with Gasteiger partial charge in [0.25, 0.3) is 0 Å². The van der Waals surface area contributed by atoms with E-state index in [0.29, 0.717) is 40.7 Å². The molecule has 0 saturated heterocycles. The molecule has 0 aliphatic heterocycles. The molecule has 0 saturated carbocycles. The summed E-state index contributed by atoms with van der Waals surface area (Å²) >= 11 is 0. The first kappa shape index (κ1) is 41.9. The number of ether oxygens (including phenoxy) is 2. The van der Waals surface area contributed by atoms with Crippen LogP contribution in [0.15, 0.2) is 108 Å². The number of nitrogens with one attached hydrogen (secondary N) is 2. The summed E-state index contributed by atoms with van der Waals surface area (Å²) in [6.45, 7) is 6.35. The van der Waals surface area contributed by atoms with Crippen molar-refractivity contribution in [2.75, 3.05) is 24.7 Å². The minimum Gasteiger partial charge on any atom is -0.490 e. The Morgan fingerprint density at radius 2 is 1.62 bits per heavy atom. The summed E-state index contributed by atoms with van der Waals surface area (Å²) in [7, 11) is -2.32. The summed E-state index contributed by atoms with van der Waals surface area (Å²) in [5.41, 5.74) is 8.71. The van der Waals surface area contributed by atoms with Gasteiger partial charge in [-0.2, -0.15) is 17.5 Å². The van der Waals surface area contributed by atoms with E-state index in [0.717, 1.165) is 16.3 Å². The van der Waals surface area contributed by atoms with Gasteiger partial charge in [-0.05, 0) is 85.3 Å². The highest BCUT2D eigenvalue weighted by Crippen LogP contribution is 2.34. The number of fused-ring (bicyclic) bond motifs is 1. The van der Waals surface area contributed by atoms with Gasteiger partial charge in [0.2, 0.25) is 15.9 Å². The number of aromatic nitrogens is 1. The number of rotatable bonds is 14. The summed E-state index contributed by atoms with van der Waals surface area (Å²) in [4.78, 5) is 27.3. The van der Waals surface area contributed by atoms with Crippen molar-refractivity contribution >= 4 is 44.2 Å². The molecular weight excluding hydrogens is 740 g/mol. The first-order chi connectivity index (χ1) is 26.0. The summed E-state index contributed by atoms with van der Waals surface area (Å²) in [5.74, 6) is -1.62. The van der Waals surface area contributed by atoms with Gasteiger partial charge < -0.3 is 30.9 Å². The first-order valence-corrected chi connectivity index (χ1v) is 18.5. The highest BCUT2D eigenvalue weighted by molar-refractivity contribution is 7.89. The van der Waals surface area contributed by atoms with E-state index in [4.69, 9.17) is 25.1 Å². The molecule has 0 aliphatic rings. The normalized spacial score (nSPS) is 12.1. The van der Waals surface area contributed by atoms with Crippen molar-refractivity contribution in [2.45, 2.75) is 57.1 Å². The fourth-order valence-corrected chi connectivity index (χ4v) is 6.74. The van der Waals surface area contributed by atoms with Crippen molar-refractivity contribution in [2.24, 2.45) is 0 Å². The molecule has 292 valence electrons. The number of hydrogen-bond donors (Lipinski definition) is 4. The minimum absolute atomic E-state index is 0.0155. The van der Waals surface area contributed by atoms with E-state index in [1.807, 2.05) is 81.4 Å². The smallest absolute Gasteiger partial charge is 0.490 e. The van der Waals surface area contributed by atoms with Crippen molar-refractivity contribution in [3.05, 3.63) is 120 Å². The minimum atomic E-state index is -5.08. The van der Waals surface area contributed by atoms with E-state index >= 15 is 0 Å². The lowest BCUT2D eigenvalue weighted by atomic mass is 10.0. The van der Waals surface area contributed by atoms with Crippen LogP contribution in [-0.4, -0.2) is 60.6 Å². The number of carboxylic acid groups (broad SMARTS) is 1. The van der Waals surface area contributed by atoms with Crippen LogP contribution in [0, 0.1) is 0 Å². The number of pyridine rings is 1. The van der Waals surface area contributed by atoms with Gasteiger partial charge >= 0.3 is 12.1 Å². The number of halogens is 3. The number of carboxylic acids is 1. The zero-order chi connectivity index (χ0) is 40.3. The lowest BCUT2D eigenvalue weighted by molar-refractivity contribution is -0.192. The maximum absolute atomic E-state index is 14.1. The first-order valence-electron chi connectivity index (χ1n) is 17.0. The van der Waals surface area contributed by atoms with Gasteiger partial charge in [0.15, 0.2) is 11.5 Å². The average molecular weight is 782 g/mol. The number of nitrogens with zero attached hydrogens (tertiary/aromatic N) is 2. The van der Waals surface area contributed by atoms with Gasteiger partial charge in [-0.1, -0.05) is 54.6 Å². The molecule has 0 aliphatic carbocycles. The van der Waals surface area contributed by atoms with Crippen LogP contribution in [0.1, 0.15) is 43.5 Å². The SMILES string of the molecule is CCOc1cc(C(Nc2ccc3c(N)nccc3c2)C(=O)NCc2ccccc2S(=O)(=O)N(C)Cc2ccccc2)ccc1OC(C)C.O=C(O)C(F)(F)F. The number of alkyl halides is 3. The highest BCUT2D eigenvalue weighted by Gasteiger charge is 2.38. The van der Waals surface area contributed by atoms with E-state index in [-0.39, 0.29) is 30.0 Å². The van der Waals surface area contributed by atoms with E-state index in [1.54, 1.807) is 49.6 Å². The van der Waals surface area contributed by atoms with Crippen LogP contribution < -0.4 is 25.8 Å². The number of benzene rings is 4. The summed E-state index contributed by atoms with van der Waals surface area (Å²) in [6.07, 6.45) is -3.52. The Kier molecular flexibility index (Phi) is 14.0. The fraction of sp³-hybridized carbons (Fsp3) is 0.256. The Morgan fingerprint density at radius 1 is 0.945 bits per heavy atom. The molecule has 0 radical (unpaired) electrons. The lowest BCUT2D eigenvalue weighted by Gasteiger charge is -2.23. The predicted octanol–water partition coefficient (Wildman–Crippen LogP) is 6.93. The number of hydrogen-bond acceptors (Lipinski definition) is 9. The standard InChI is InChI=1S/C37H41N5O5S.C2HF3O2/c1-5-46-33-22-28(15-18-32(33)47-25(2)3)35(41-30-16-17-31-27(21-30)19-20-39-36(31)38)37(43)40-23-29-13-9-10-14-34(29)48(44,45)42(4)24-26-11-7-6-8-12-26;3-2(4,5)1(6)7/h6-22,25,35,41H,5,23-24H2,1-4H3,(H2,38,39)(H,40,43);(H,6,7). The maximum Gasteiger partial charge on any atom is 0.490 e. The third-order valence-corrected chi connectivity index (χ3v) is 9.84. The molecule has 5 aromatic rings. The average Bonchev–Trinajstić information content (AvgIpc) is 3.14. The Morgan fingerprint density at radius 3 is 2.27 bits per heavy atom. The van der Waals surface area contributed by atoms with Crippen LogP contribution in [0.25, 0.3) is 10.8 Å². The molecule has 0 spiro atoms.